The van der Waals surface area contributed by atoms with Crippen LogP contribution in [0.5, 0.6) is 5.75 Å². The second-order valence-corrected chi connectivity index (χ2v) is 9.23. The number of nitrogens with two attached hydrogens (primary N) is 1. The molecule has 0 aliphatic heterocycles. The highest BCUT2D eigenvalue weighted by Crippen LogP contribution is 2.53. The van der Waals surface area contributed by atoms with Crippen LogP contribution >= 0.6 is 0 Å². The number of primary amides is 1. The number of benzene rings is 1. The summed E-state index contributed by atoms with van der Waals surface area (Å²) in [6.07, 6.45) is 0.887. The number of aliphatic hydroxyl groups is 3. The lowest BCUT2D eigenvalue weighted by atomic mass is 9.57. The Morgan fingerprint density at radius 2 is 1.94 bits per heavy atom. The summed E-state index contributed by atoms with van der Waals surface area (Å²) < 4.78 is 5.44. The minimum Gasteiger partial charge on any atom is -0.508 e. The van der Waals surface area contributed by atoms with Crippen LogP contribution in [0.3, 0.4) is 0 Å². The van der Waals surface area contributed by atoms with Gasteiger partial charge in [0.05, 0.1) is 13.2 Å². The molecule has 0 saturated heterocycles. The minimum atomic E-state index is -2.63. The monoisotopic (exact) mass is 470 g/mol. The van der Waals surface area contributed by atoms with Gasteiger partial charge in [-0.15, -0.1) is 0 Å². The summed E-state index contributed by atoms with van der Waals surface area (Å²) in [5.41, 5.74) is 3.24. The molecule has 1 fully saturated rings. The minimum absolute atomic E-state index is 0.0450. The van der Waals surface area contributed by atoms with E-state index in [-0.39, 0.29) is 29.5 Å². The Hall–Kier alpha value is -3.50. The molecule has 5 N–H and O–H groups in total. The number of carbonyl (C=O) groups is 4. The topological polar surface area (TPSA) is 167 Å². The Kier molecular flexibility index (Phi) is 5.41. The molecule has 1 amide bonds. The number of nitrogens with zero attached hydrogens (tertiary/aromatic N) is 1. The number of aliphatic hydroxyl groups excluding tert-OH is 2. The Morgan fingerprint density at radius 1 is 1.29 bits per heavy atom. The van der Waals surface area contributed by atoms with Gasteiger partial charge in [-0.25, -0.2) is 0 Å². The molecule has 1 aromatic carbocycles. The Labute approximate surface area is 195 Å². The maximum atomic E-state index is 13.8. The van der Waals surface area contributed by atoms with Gasteiger partial charge in [-0.3, -0.25) is 24.1 Å². The van der Waals surface area contributed by atoms with Gasteiger partial charge in [0, 0.05) is 28.2 Å². The van der Waals surface area contributed by atoms with Crippen molar-refractivity contribution in [3.63, 3.8) is 0 Å². The molecule has 4 rings (SSSR count). The predicted molar refractivity (Wildman–Crippen MR) is 119 cm³/mol. The number of amides is 1. The van der Waals surface area contributed by atoms with Crippen LogP contribution in [0.2, 0.25) is 0 Å². The first-order valence-corrected chi connectivity index (χ1v) is 10.7. The van der Waals surface area contributed by atoms with Crippen LogP contribution < -0.4 is 10.5 Å². The van der Waals surface area contributed by atoms with Crippen molar-refractivity contribution in [2.75, 3.05) is 21.2 Å². The summed E-state index contributed by atoms with van der Waals surface area (Å²) in [6, 6.07) is 0.444. The zero-order valence-electron chi connectivity index (χ0n) is 19.2. The number of ketones is 2. The van der Waals surface area contributed by atoms with Gasteiger partial charge >= 0.3 is 0 Å². The van der Waals surface area contributed by atoms with Crippen molar-refractivity contribution in [1.29, 1.82) is 0 Å². The summed E-state index contributed by atoms with van der Waals surface area (Å²) in [5, 5.41) is 33.7. The molecule has 0 spiro atoms. The van der Waals surface area contributed by atoms with Crippen molar-refractivity contribution in [1.82, 2.24) is 4.90 Å². The van der Waals surface area contributed by atoms with E-state index in [2.05, 4.69) is 0 Å². The van der Waals surface area contributed by atoms with E-state index in [9.17, 15) is 34.5 Å². The molecule has 0 bridgehead atoms. The molecule has 0 aromatic heterocycles. The smallest absolute Gasteiger partial charge is 0.255 e. The molecule has 3 aliphatic rings. The average molecular weight is 470 g/mol. The number of ether oxygens (including phenoxy) is 1. The van der Waals surface area contributed by atoms with Crippen LogP contribution in [-0.4, -0.2) is 76.8 Å². The quantitative estimate of drug-likeness (QED) is 0.359. The molecule has 0 heterocycles. The third kappa shape index (κ3) is 2.88. The SMILES string of the molecule is COc1cc(C=O)c(C)c2c1C[C@H]1C[C@H]3[C@H](N(C)C)C(=O)C(C(N)=O)=C(O)[C@@]3(O)C(=O)C1=C2O. The van der Waals surface area contributed by atoms with Gasteiger partial charge in [0.1, 0.15) is 29.1 Å². The van der Waals surface area contributed by atoms with Crippen molar-refractivity contribution < 1.29 is 39.2 Å². The standard InChI is InChI=1S/C24H26N2O8/c1-9-11(8-27)7-14(34-4)12-5-10-6-13-18(26(2)3)20(29)17(23(25)32)22(31)24(13,33)21(30)16(10)19(28)15(9)12/h7-8,10,13,18,28,31,33H,5-6H2,1-4H3,(H2,25,32)/t10-,13-,18-,24-/m0/s1. The van der Waals surface area contributed by atoms with Crippen LogP contribution in [-0.2, 0) is 20.8 Å². The van der Waals surface area contributed by atoms with E-state index < -0.39 is 58.0 Å². The van der Waals surface area contributed by atoms with E-state index in [4.69, 9.17) is 10.5 Å². The lowest BCUT2D eigenvalue weighted by Crippen LogP contribution is -2.65. The number of hydrogen-bond acceptors (Lipinski definition) is 9. The van der Waals surface area contributed by atoms with Crippen molar-refractivity contribution in [3.8, 4) is 5.75 Å². The Balaban J connectivity index is 2.01. The number of carbonyl (C=O) groups excluding carboxylic acids is 4. The fourth-order valence-electron chi connectivity index (χ4n) is 5.79. The van der Waals surface area contributed by atoms with Crippen LogP contribution in [0, 0.1) is 18.8 Å². The van der Waals surface area contributed by atoms with Gasteiger partial charge in [-0.1, -0.05) is 0 Å². The molecule has 1 aromatic rings. The molecular weight excluding hydrogens is 444 g/mol. The zero-order valence-corrected chi connectivity index (χ0v) is 19.2. The van der Waals surface area contributed by atoms with Crippen molar-refractivity contribution in [2.45, 2.75) is 31.4 Å². The van der Waals surface area contributed by atoms with E-state index in [0.29, 0.717) is 23.2 Å². The molecule has 1 saturated carbocycles. The molecule has 10 heteroatoms. The largest absolute Gasteiger partial charge is 0.508 e. The summed E-state index contributed by atoms with van der Waals surface area (Å²) in [6.45, 7) is 1.62. The first kappa shape index (κ1) is 23.7. The second-order valence-electron chi connectivity index (χ2n) is 9.23. The second kappa shape index (κ2) is 7.78. The first-order valence-electron chi connectivity index (χ1n) is 10.7. The molecule has 0 unspecified atom stereocenters. The van der Waals surface area contributed by atoms with Gasteiger partial charge in [-0.2, -0.15) is 0 Å². The van der Waals surface area contributed by atoms with Crippen molar-refractivity contribution >= 4 is 29.5 Å². The van der Waals surface area contributed by atoms with Gasteiger partial charge in [0.2, 0.25) is 5.78 Å². The first-order chi connectivity index (χ1) is 15.9. The number of fused-ring (bicyclic) bond motifs is 3. The van der Waals surface area contributed by atoms with E-state index in [0.717, 1.165) is 0 Å². The molecule has 0 radical (unpaired) electrons. The highest BCUT2D eigenvalue weighted by molar-refractivity contribution is 6.24. The summed E-state index contributed by atoms with van der Waals surface area (Å²) in [7, 11) is 4.54. The number of likely N-dealkylation sites (N-methyl/N-ethyl adjacent to an activating group) is 1. The summed E-state index contributed by atoms with van der Waals surface area (Å²) >= 11 is 0. The third-order valence-corrected chi connectivity index (χ3v) is 7.35. The lowest BCUT2D eigenvalue weighted by molar-refractivity contribution is -0.153. The summed E-state index contributed by atoms with van der Waals surface area (Å²) in [5.74, 6) is -5.94. The fraction of sp³-hybridized carbons (Fsp3) is 0.417. The highest BCUT2D eigenvalue weighted by Gasteiger charge is 2.64. The fourth-order valence-corrected chi connectivity index (χ4v) is 5.79. The third-order valence-electron chi connectivity index (χ3n) is 7.35. The van der Waals surface area contributed by atoms with E-state index >= 15 is 0 Å². The lowest BCUT2D eigenvalue weighted by Gasteiger charge is -2.50. The molecule has 34 heavy (non-hydrogen) atoms. The maximum Gasteiger partial charge on any atom is 0.255 e. The van der Waals surface area contributed by atoms with Gasteiger partial charge in [-0.05, 0) is 51.4 Å². The number of methoxy groups -OCH3 is 1. The normalized spacial score (nSPS) is 28.5. The number of rotatable bonds is 4. The van der Waals surface area contributed by atoms with Gasteiger partial charge in [0.25, 0.3) is 5.91 Å². The highest BCUT2D eigenvalue weighted by atomic mass is 16.5. The zero-order chi connectivity index (χ0) is 25.3. The van der Waals surface area contributed by atoms with E-state index in [1.807, 2.05) is 0 Å². The Bertz CT molecular complexity index is 1230. The molecule has 180 valence electrons. The molecular formula is C24H26N2O8. The van der Waals surface area contributed by atoms with Crippen molar-refractivity contribution in [3.05, 3.63) is 45.2 Å². The van der Waals surface area contributed by atoms with Crippen LogP contribution in [0.15, 0.2) is 23.0 Å². The van der Waals surface area contributed by atoms with Crippen LogP contribution in [0.25, 0.3) is 5.76 Å². The molecule has 10 nitrogen and oxygen atoms in total. The average Bonchev–Trinajstić information content (AvgIpc) is 2.76. The van der Waals surface area contributed by atoms with Crippen LogP contribution in [0.4, 0.5) is 0 Å². The molecule has 3 aliphatic carbocycles. The maximum absolute atomic E-state index is 13.8. The molecule has 4 atom stereocenters. The Morgan fingerprint density at radius 3 is 2.47 bits per heavy atom. The predicted octanol–water partition coefficient (Wildman–Crippen LogP) is 0.388. The van der Waals surface area contributed by atoms with E-state index in [1.165, 1.54) is 12.0 Å². The van der Waals surface area contributed by atoms with Crippen molar-refractivity contribution in [2.24, 2.45) is 17.6 Å². The summed E-state index contributed by atoms with van der Waals surface area (Å²) in [4.78, 5) is 51.9. The number of aldehydes is 1. The van der Waals surface area contributed by atoms with Gasteiger partial charge < -0.3 is 25.8 Å². The van der Waals surface area contributed by atoms with Crippen LogP contribution in [0.1, 0.15) is 33.5 Å². The number of hydrogen-bond donors (Lipinski definition) is 4. The number of Topliss-reactive ketones (excluding diaryl/α,β-unsaturated/α-hetero) is 2. The van der Waals surface area contributed by atoms with Gasteiger partial charge in [0.15, 0.2) is 11.4 Å². The van der Waals surface area contributed by atoms with E-state index in [1.54, 1.807) is 27.1 Å².